The van der Waals surface area contributed by atoms with Gasteiger partial charge < -0.3 is 0 Å². The predicted octanol–water partition coefficient (Wildman–Crippen LogP) is 6.41. The molecule has 0 spiro atoms. The highest BCUT2D eigenvalue weighted by atomic mass is 15.1. The molecule has 4 rings (SSSR count). The number of unbranched alkanes of at least 4 members (excludes halogenated alkanes) is 2. The molecule has 4 heterocycles. The summed E-state index contributed by atoms with van der Waals surface area (Å²) in [6.45, 7) is 7.80. The van der Waals surface area contributed by atoms with Crippen molar-refractivity contribution in [2.75, 3.05) is 14.1 Å². The largest absolute Gasteiger partial charge is 0.295 e. The van der Waals surface area contributed by atoms with Crippen molar-refractivity contribution >= 4 is 0 Å². The van der Waals surface area contributed by atoms with Gasteiger partial charge in [0.1, 0.15) is 0 Å². The van der Waals surface area contributed by atoms with Crippen LogP contribution in [0.25, 0.3) is 0 Å². The molecule has 0 saturated carbocycles. The van der Waals surface area contributed by atoms with Crippen LogP contribution < -0.4 is 0 Å². The Labute approximate surface area is 223 Å². The highest BCUT2D eigenvalue weighted by molar-refractivity contribution is 5.07. The highest BCUT2D eigenvalue weighted by Crippen LogP contribution is 2.04. The Morgan fingerprint density at radius 3 is 0.892 bits per heavy atom. The summed E-state index contributed by atoms with van der Waals surface area (Å²) in [5.74, 6) is 0. The third-order valence-electron chi connectivity index (χ3n) is 5.34. The molecule has 0 aromatic carbocycles. The monoisotopic (exact) mass is 498 g/mol. The third kappa shape index (κ3) is 14.0. The molecule has 0 N–H and O–H groups in total. The molecule has 4 aromatic heterocycles. The Kier molecular flexibility index (Phi) is 15.1. The second-order valence-electron chi connectivity index (χ2n) is 8.98. The van der Waals surface area contributed by atoms with Crippen LogP contribution >= 0.6 is 0 Å². The van der Waals surface area contributed by atoms with E-state index in [4.69, 9.17) is 0 Å². The van der Waals surface area contributed by atoms with Crippen molar-refractivity contribution in [3.8, 4) is 0 Å². The van der Waals surface area contributed by atoms with E-state index in [1.807, 2.05) is 97.6 Å². The molecule has 37 heavy (non-hydrogen) atoms. The molecule has 0 bridgehead atoms. The van der Waals surface area contributed by atoms with E-state index >= 15 is 0 Å². The van der Waals surface area contributed by atoms with Gasteiger partial charge in [0.2, 0.25) is 0 Å². The van der Waals surface area contributed by atoms with Gasteiger partial charge in [0, 0.05) is 51.0 Å². The summed E-state index contributed by atoms with van der Waals surface area (Å²) < 4.78 is 0. The maximum Gasteiger partial charge on any atom is 0.0543 e. The molecule has 0 atom stereocenters. The first-order chi connectivity index (χ1) is 18.1. The van der Waals surface area contributed by atoms with Gasteiger partial charge in [-0.25, -0.2) is 0 Å². The molecule has 6 heteroatoms. The van der Waals surface area contributed by atoms with Crippen LogP contribution in [0.5, 0.6) is 0 Å². The fraction of sp³-hybridized carbons (Fsp3) is 0.355. The van der Waals surface area contributed by atoms with Crippen molar-refractivity contribution in [3.05, 3.63) is 120 Å². The number of rotatable bonds is 10. The van der Waals surface area contributed by atoms with Gasteiger partial charge in [0.05, 0.1) is 22.8 Å². The smallest absolute Gasteiger partial charge is 0.0543 e. The second kappa shape index (κ2) is 18.7. The maximum absolute atomic E-state index is 4.30. The van der Waals surface area contributed by atoms with Gasteiger partial charge in [-0.1, -0.05) is 57.4 Å². The van der Waals surface area contributed by atoms with Crippen LogP contribution in [-0.2, 0) is 26.2 Å². The second-order valence-corrected chi connectivity index (χ2v) is 8.98. The lowest BCUT2D eigenvalue weighted by Gasteiger charge is -2.15. The molecule has 0 amide bonds. The quantitative estimate of drug-likeness (QED) is 0.252. The van der Waals surface area contributed by atoms with E-state index < -0.39 is 0 Å². The minimum absolute atomic E-state index is 0.845. The minimum Gasteiger partial charge on any atom is -0.295 e. The van der Waals surface area contributed by atoms with Gasteiger partial charge in [-0.3, -0.25) is 29.7 Å². The number of hydrogen-bond donors (Lipinski definition) is 0. The van der Waals surface area contributed by atoms with E-state index in [0.29, 0.717) is 0 Å². The average molecular weight is 499 g/mol. The Balaban J connectivity index is 0.000000221. The van der Waals surface area contributed by atoms with Crippen molar-refractivity contribution in [2.45, 2.75) is 59.3 Å². The molecule has 0 unspecified atom stereocenters. The lowest BCUT2D eigenvalue weighted by Crippen LogP contribution is -2.18. The van der Waals surface area contributed by atoms with E-state index in [9.17, 15) is 0 Å². The Bertz CT molecular complexity index is 876. The van der Waals surface area contributed by atoms with Crippen molar-refractivity contribution in [1.29, 1.82) is 0 Å². The van der Waals surface area contributed by atoms with Gasteiger partial charge in [0.25, 0.3) is 0 Å². The predicted molar refractivity (Wildman–Crippen MR) is 152 cm³/mol. The zero-order chi connectivity index (χ0) is 26.6. The van der Waals surface area contributed by atoms with Gasteiger partial charge in [-0.2, -0.15) is 0 Å². The summed E-state index contributed by atoms with van der Waals surface area (Å²) in [5, 5.41) is 0. The first kappa shape index (κ1) is 29.7. The third-order valence-corrected chi connectivity index (χ3v) is 5.34. The summed E-state index contributed by atoms with van der Waals surface area (Å²) in [4.78, 5) is 21.6. The summed E-state index contributed by atoms with van der Waals surface area (Å²) in [6.07, 6.45) is 11.4. The number of aromatic nitrogens is 4. The molecule has 0 radical (unpaired) electrons. The maximum atomic E-state index is 4.30. The lowest BCUT2D eigenvalue weighted by atomic mass is 10.3. The topological polar surface area (TPSA) is 58.0 Å². The molecule has 196 valence electrons. The van der Waals surface area contributed by atoms with Crippen LogP contribution in [0.1, 0.15) is 55.9 Å². The first-order valence-electron chi connectivity index (χ1n) is 13.1. The van der Waals surface area contributed by atoms with Crippen LogP contribution in [0, 0.1) is 0 Å². The van der Waals surface area contributed by atoms with Crippen LogP contribution in [0.3, 0.4) is 0 Å². The molecular formula is C31H42N6. The van der Waals surface area contributed by atoms with Gasteiger partial charge in [-0.15, -0.1) is 0 Å². The van der Waals surface area contributed by atoms with Crippen LogP contribution in [0.4, 0.5) is 0 Å². The number of nitrogens with zero attached hydrogens (tertiary/aromatic N) is 6. The Morgan fingerprint density at radius 2 is 0.730 bits per heavy atom. The van der Waals surface area contributed by atoms with E-state index in [1.165, 1.54) is 19.3 Å². The SMILES string of the molecule is CCCCC.CN(Cc1ccccn1)Cc1ccccn1.CN(Cc1ccccn1)Cc1ccccn1. The van der Waals surface area contributed by atoms with Crippen molar-refractivity contribution in [2.24, 2.45) is 0 Å². The molecule has 0 fully saturated rings. The fourth-order valence-corrected chi connectivity index (χ4v) is 3.54. The standard InChI is InChI=1S/2C13H15N3.C5H12/c2*1-16(10-12-6-2-4-8-14-12)11-13-7-3-5-9-15-13;1-3-5-4-2/h2*2-9H,10-11H2,1H3;3-5H2,1-2H3. The zero-order valence-electron chi connectivity index (χ0n) is 22.9. The Morgan fingerprint density at radius 1 is 0.459 bits per heavy atom. The van der Waals surface area contributed by atoms with E-state index in [2.05, 4.69) is 57.7 Å². The van der Waals surface area contributed by atoms with Crippen LogP contribution in [0.15, 0.2) is 97.6 Å². The number of hydrogen-bond acceptors (Lipinski definition) is 6. The van der Waals surface area contributed by atoms with Crippen molar-refractivity contribution in [3.63, 3.8) is 0 Å². The molecule has 0 saturated heterocycles. The molecule has 0 aliphatic carbocycles. The number of pyridine rings is 4. The average Bonchev–Trinajstić information content (AvgIpc) is 2.92. The van der Waals surface area contributed by atoms with E-state index in [0.717, 1.165) is 49.0 Å². The molecule has 6 nitrogen and oxygen atoms in total. The van der Waals surface area contributed by atoms with Crippen molar-refractivity contribution < 1.29 is 0 Å². The fourth-order valence-electron chi connectivity index (χ4n) is 3.54. The Hall–Kier alpha value is -3.48. The van der Waals surface area contributed by atoms with E-state index in [-0.39, 0.29) is 0 Å². The normalized spacial score (nSPS) is 10.3. The van der Waals surface area contributed by atoms with Crippen LogP contribution in [-0.4, -0.2) is 43.8 Å². The minimum atomic E-state index is 0.845. The molecule has 0 aliphatic heterocycles. The molecule has 4 aromatic rings. The lowest BCUT2D eigenvalue weighted by molar-refractivity contribution is 0.311. The molecular weight excluding hydrogens is 456 g/mol. The van der Waals surface area contributed by atoms with E-state index in [1.54, 1.807) is 0 Å². The van der Waals surface area contributed by atoms with Gasteiger partial charge in [-0.05, 0) is 62.6 Å². The van der Waals surface area contributed by atoms with Crippen LogP contribution in [0.2, 0.25) is 0 Å². The summed E-state index contributed by atoms with van der Waals surface area (Å²) in [6, 6.07) is 23.9. The van der Waals surface area contributed by atoms with Gasteiger partial charge in [0.15, 0.2) is 0 Å². The first-order valence-corrected chi connectivity index (χ1v) is 13.1. The van der Waals surface area contributed by atoms with Crippen molar-refractivity contribution in [1.82, 2.24) is 29.7 Å². The van der Waals surface area contributed by atoms with Gasteiger partial charge >= 0.3 is 0 Å². The zero-order valence-corrected chi connectivity index (χ0v) is 22.9. The summed E-state index contributed by atoms with van der Waals surface area (Å²) in [7, 11) is 4.15. The summed E-state index contributed by atoms with van der Waals surface area (Å²) >= 11 is 0. The summed E-state index contributed by atoms with van der Waals surface area (Å²) in [5.41, 5.74) is 4.34. The highest BCUT2D eigenvalue weighted by Gasteiger charge is 2.03. The molecule has 0 aliphatic rings.